The van der Waals surface area contributed by atoms with Crippen LogP contribution >= 0.6 is 34.8 Å². The van der Waals surface area contributed by atoms with Gasteiger partial charge < -0.3 is 15.0 Å². The number of pyridine rings is 1. The summed E-state index contributed by atoms with van der Waals surface area (Å²) < 4.78 is 1.79. The molecule has 7 nitrogen and oxygen atoms in total. The second-order valence-corrected chi connectivity index (χ2v) is 9.03. The fourth-order valence-electron chi connectivity index (χ4n) is 3.97. The minimum absolute atomic E-state index is 0.508. The van der Waals surface area contributed by atoms with Crippen molar-refractivity contribution in [2.75, 3.05) is 49.1 Å². The number of carbonyl (C=O) groups excluding carboxylic acids is 1. The van der Waals surface area contributed by atoms with Crippen molar-refractivity contribution in [2.45, 2.75) is 12.8 Å². The Morgan fingerprint density at radius 3 is 2.56 bits per heavy atom. The maximum Gasteiger partial charge on any atom is 0.320 e. The molecular weight excluding hydrogens is 471 g/mol. The summed E-state index contributed by atoms with van der Waals surface area (Å²) >= 11 is 18.5. The van der Waals surface area contributed by atoms with E-state index in [1.165, 1.54) is 4.90 Å². The molecule has 2 amide bonds. The first kappa shape index (κ1) is 23.0. The van der Waals surface area contributed by atoms with Gasteiger partial charge in [-0.25, -0.2) is 9.78 Å². The zero-order chi connectivity index (χ0) is 22.7. The number of hydrogen-bond donors (Lipinski definition) is 1. The van der Waals surface area contributed by atoms with E-state index in [4.69, 9.17) is 40.5 Å². The van der Waals surface area contributed by atoms with E-state index in [1.807, 2.05) is 12.1 Å². The molecular formula is C22H25Cl3N6O. The second-order valence-electron chi connectivity index (χ2n) is 7.81. The normalized spacial score (nSPS) is 14.8. The summed E-state index contributed by atoms with van der Waals surface area (Å²) in [6.07, 6.45) is 5.31. The van der Waals surface area contributed by atoms with Crippen molar-refractivity contribution in [3.63, 3.8) is 0 Å². The molecule has 3 heterocycles. The summed E-state index contributed by atoms with van der Waals surface area (Å²) in [6.45, 7) is 5.19. The average Bonchev–Trinajstić information content (AvgIpc) is 3.18. The van der Waals surface area contributed by atoms with Gasteiger partial charge in [-0.1, -0.05) is 40.9 Å². The smallest absolute Gasteiger partial charge is 0.320 e. The van der Waals surface area contributed by atoms with Crippen molar-refractivity contribution >= 4 is 58.0 Å². The van der Waals surface area contributed by atoms with Crippen LogP contribution in [0.15, 0.2) is 42.7 Å². The molecule has 1 aromatic carbocycles. The second kappa shape index (κ2) is 10.2. The van der Waals surface area contributed by atoms with Crippen LogP contribution in [0.4, 0.5) is 16.3 Å². The number of anilines is 2. The molecule has 1 saturated heterocycles. The van der Waals surface area contributed by atoms with E-state index in [-0.39, 0.29) is 0 Å². The lowest BCUT2D eigenvalue weighted by Gasteiger charge is -2.36. The number of carbonyl (C=O) groups is 1. The van der Waals surface area contributed by atoms with Gasteiger partial charge in [0.2, 0.25) is 0 Å². The van der Waals surface area contributed by atoms with E-state index >= 15 is 0 Å². The SMILES string of the molecule is NC(=O)N(CCCCN1CCN(c2cccc(Cl)c2Cl)CC1)c1cn2cc(Cl)ccc2n1. The monoisotopic (exact) mass is 494 g/mol. The highest BCUT2D eigenvalue weighted by molar-refractivity contribution is 6.43. The molecule has 0 spiro atoms. The third-order valence-electron chi connectivity index (χ3n) is 5.70. The highest BCUT2D eigenvalue weighted by atomic mass is 35.5. The zero-order valence-electron chi connectivity index (χ0n) is 17.6. The van der Waals surface area contributed by atoms with Gasteiger partial charge in [-0.3, -0.25) is 9.80 Å². The van der Waals surface area contributed by atoms with Gasteiger partial charge in [-0.05, 0) is 43.7 Å². The molecule has 0 saturated carbocycles. The van der Waals surface area contributed by atoms with E-state index in [1.54, 1.807) is 35.0 Å². The quantitative estimate of drug-likeness (QED) is 0.479. The third kappa shape index (κ3) is 5.23. The zero-order valence-corrected chi connectivity index (χ0v) is 19.8. The highest BCUT2D eigenvalue weighted by Gasteiger charge is 2.20. The first-order chi connectivity index (χ1) is 15.4. The summed E-state index contributed by atoms with van der Waals surface area (Å²) in [5.41, 5.74) is 7.32. The number of halogens is 3. The van der Waals surface area contributed by atoms with Crippen LogP contribution in [-0.2, 0) is 0 Å². The van der Waals surface area contributed by atoms with Gasteiger partial charge in [0.05, 0.1) is 27.0 Å². The van der Waals surface area contributed by atoms with E-state index in [0.29, 0.717) is 33.1 Å². The number of rotatable bonds is 7. The Morgan fingerprint density at radius 1 is 1.03 bits per heavy atom. The maximum absolute atomic E-state index is 12.0. The standard InChI is InChI=1S/C22H25Cl3N6O/c23-16-6-7-19-27-20(15-30(19)14-16)31(22(26)32)9-2-1-8-28-10-12-29(13-11-28)18-5-3-4-17(24)21(18)25/h3-7,14-15H,1-2,8-13H2,(H2,26,32). The first-order valence-corrected chi connectivity index (χ1v) is 11.7. The van der Waals surface area contributed by atoms with E-state index in [2.05, 4.69) is 14.8 Å². The van der Waals surface area contributed by atoms with Crippen molar-refractivity contribution in [3.05, 3.63) is 57.8 Å². The van der Waals surface area contributed by atoms with Crippen LogP contribution in [0, 0.1) is 0 Å². The number of benzene rings is 1. The number of amides is 2. The van der Waals surface area contributed by atoms with Gasteiger partial charge in [0.15, 0.2) is 5.82 Å². The number of primary amides is 1. The number of fused-ring (bicyclic) bond motifs is 1. The van der Waals surface area contributed by atoms with Crippen LogP contribution in [0.2, 0.25) is 15.1 Å². The molecule has 1 aliphatic heterocycles. The summed E-state index contributed by atoms with van der Waals surface area (Å²) in [4.78, 5) is 22.7. The molecule has 2 N–H and O–H groups in total. The van der Waals surface area contributed by atoms with Gasteiger partial charge >= 0.3 is 6.03 Å². The minimum Gasteiger partial charge on any atom is -0.368 e. The maximum atomic E-state index is 12.0. The van der Waals surface area contributed by atoms with Crippen LogP contribution in [0.25, 0.3) is 5.65 Å². The Hall–Kier alpha value is -2.19. The predicted molar refractivity (Wildman–Crippen MR) is 131 cm³/mol. The van der Waals surface area contributed by atoms with Crippen LogP contribution < -0.4 is 15.5 Å². The molecule has 3 aromatic rings. The van der Waals surface area contributed by atoms with Gasteiger partial charge in [0.1, 0.15) is 5.65 Å². The molecule has 32 heavy (non-hydrogen) atoms. The first-order valence-electron chi connectivity index (χ1n) is 10.5. The topological polar surface area (TPSA) is 70.1 Å². The summed E-state index contributed by atoms with van der Waals surface area (Å²) in [5, 5.41) is 1.80. The van der Waals surface area contributed by atoms with E-state index < -0.39 is 6.03 Å². The molecule has 1 aliphatic rings. The number of imidazole rings is 1. The minimum atomic E-state index is -0.508. The van der Waals surface area contributed by atoms with E-state index in [0.717, 1.165) is 51.3 Å². The molecule has 170 valence electrons. The average molecular weight is 496 g/mol. The number of hydrogen-bond acceptors (Lipinski definition) is 4. The lowest BCUT2D eigenvalue weighted by molar-refractivity contribution is 0.249. The number of piperazine rings is 1. The predicted octanol–water partition coefficient (Wildman–Crippen LogP) is 4.78. The Balaban J connectivity index is 1.26. The Kier molecular flexibility index (Phi) is 7.30. The van der Waals surface area contributed by atoms with Crippen molar-refractivity contribution < 1.29 is 4.79 Å². The van der Waals surface area contributed by atoms with Crippen molar-refractivity contribution in [1.82, 2.24) is 14.3 Å². The number of unbranched alkanes of at least 4 members (excludes halogenated alkanes) is 1. The van der Waals surface area contributed by atoms with Crippen LogP contribution in [0.1, 0.15) is 12.8 Å². The largest absolute Gasteiger partial charge is 0.368 e. The molecule has 1 fully saturated rings. The lowest BCUT2D eigenvalue weighted by Crippen LogP contribution is -2.46. The van der Waals surface area contributed by atoms with Crippen LogP contribution in [0.3, 0.4) is 0 Å². The lowest BCUT2D eigenvalue weighted by atomic mass is 10.2. The molecule has 0 bridgehead atoms. The van der Waals surface area contributed by atoms with E-state index in [9.17, 15) is 4.79 Å². The van der Waals surface area contributed by atoms with Crippen LogP contribution in [-0.4, -0.2) is 59.6 Å². The Bertz CT molecular complexity index is 1100. The Morgan fingerprint density at radius 2 is 1.81 bits per heavy atom. The molecule has 0 radical (unpaired) electrons. The van der Waals surface area contributed by atoms with Gasteiger partial charge in [0.25, 0.3) is 0 Å². The van der Waals surface area contributed by atoms with Crippen molar-refractivity contribution in [3.8, 4) is 0 Å². The molecule has 0 atom stereocenters. The van der Waals surface area contributed by atoms with Gasteiger partial charge in [-0.15, -0.1) is 0 Å². The molecule has 2 aromatic heterocycles. The number of urea groups is 1. The fourth-order valence-corrected chi connectivity index (χ4v) is 4.56. The van der Waals surface area contributed by atoms with Crippen molar-refractivity contribution in [1.29, 1.82) is 0 Å². The fraction of sp³-hybridized carbons (Fsp3) is 0.364. The van der Waals surface area contributed by atoms with Gasteiger partial charge in [0, 0.05) is 38.9 Å². The van der Waals surface area contributed by atoms with Crippen molar-refractivity contribution in [2.24, 2.45) is 5.73 Å². The summed E-state index contributed by atoms with van der Waals surface area (Å²) in [6, 6.07) is 8.81. The van der Waals surface area contributed by atoms with Gasteiger partial charge in [-0.2, -0.15) is 0 Å². The number of nitrogens with two attached hydrogens (primary N) is 1. The molecule has 0 aliphatic carbocycles. The summed E-state index contributed by atoms with van der Waals surface area (Å²) in [7, 11) is 0. The molecule has 0 unspecified atom stereocenters. The third-order valence-corrected chi connectivity index (χ3v) is 6.73. The molecule has 10 heteroatoms. The number of aromatic nitrogens is 2. The van der Waals surface area contributed by atoms with Crippen LogP contribution in [0.5, 0.6) is 0 Å². The highest BCUT2D eigenvalue weighted by Crippen LogP contribution is 2.32. The molecule has 4 rings (SSSR count). The summed E-state index contributed by atoms with van der Waals surface area (Å²) in [5.74, 6) is 0.534. The number of nitrogens with zero attached hydrogens (tertiary/aromatic N) is 5. The Labute approximate surface area is 202 Å².